The lowest BCUT2D eigenvalue weighted by molar-refractivity contribution is -0.389. The third-order valence-corrected chi connectivity index (χ3v) is 2.51. The lowest BCUT2D eigenvalue weighted by Crippen LogP contribution is -2.02. The summed E-state index contributed by atoms with van der Waals surface area (Å²) in [6, 6.07) is 0.948. The Hall–Kier alpha value is -0.820. The van der Waals surface area contributed by atoms with Crippen molar-refractivity contribution in [2.45, 2.75) is 11.8 Å². The van der Waals surface area contributed by atoms with E-state index in [9.17, 15) is 18.9 Å². The van der Waals surface area contributed by atoms with Crippen molar-refractivity contribution in [3.8, 4) is 0 Å². The Labute approximate surface area is 96.5 Å². The lowest BCUT2D eigenvalue weighted by atomic mass is 10.2. The molecule has 0 aliphatic carbocycles. The van der Waals surface area contributed by atoms with Gasteiger partial charge in [0.25, 0.3) is 0 Å². The van der Waals surface area contributed by atoms with Crippen LogP contribution in [-0.4, -0.2) is 9.91 Å². The molecule has 0 spiro atoms. The molecule has 0 saturated carbocycles. The van der Waals surface area contributed by atoms with E-state index in [0.29, 0.717) is 0 Å². The zero-order valence-electron chi connectivity index (χ0n) is 7.08. The van der Waals surface area contributed by atoms with Crippen molar-refractivity contribution in [3.05, 3.63) is 32.5 Å². The standard InChI is InChI=1S/C7H4BrClF2N2O2/c8-2-3-4(9)1-5(13(14)15)12-6(3)7(10)11/h1,7H,2H2. The van der Waals surface area contributed by atoms with Crippen molar-refractivity contribution in [1.82, 2.24) is 4.98 Å². The maximum absolute atomic E-state index is 12.5. The summed E-state index contributed by atoms with van der Waals surface area (Å²) in [4.78, 5) is 12.7. The SMILES string of the molecule is O=[N+]([O-])c1cc(Cl)c(CBr)c(C(F)F)n1. The summed E-state index contributed by atoms with van der Waals surface area (Å²) in [6.45, 7) is 0. The van der Waals surface area contributed by atoms with E-state index in [4.69, 9.17) is 11.6 Å². The van der Waals surface area contributed by atoms with Gasteiger partial charge in [-0.05, 0) is 9.91 Å². The van der Waals surface area contributed by atoms with Crippen LogP contribution in [0, 0.1) is 10.1 Å². The number of nitro groups is 1. The second-order valence-electron chi connectivity index (χ2n) is 2.52. The topological polar surface area (TPSA) is 56.0 Å². The van der Waals surface area contributed by atoms with E-state index < -0.39 is 22.9 Å². The number of nitrogens with zero attached hydrogens (tertiary/aromatic N) is 2. The van der Waals surface area contributed by atoms with E-state index in [1.54, 1.807) is 0 Å². The van der Waals surface area contributed by atoms with Gasteiger partial charge in [-0.1, -0.05) is 27.5 Å². The van der Waals surface area contributed by atoms with Crippen LogP contribution >= 0.6 is 27.5 Å². The molecule has 8 heteroatoms. The summed E-state index contributed by atoms with van der Waals surface area (Å²) in [5.74, 6) is -0.681. The Morgan fingerprint density at radius 1 is 1.67 bits per heavy atom. The fourth-order valence-corrected chi connectivity index (χ4v) is 1.96. The number of pyridine rings is 1. The minimum absolute atomic E-state index is 0.0660. The number of aromatic nitrogens is 1. The summed E-state index contributed by atoms with van der Waals surface area (Å²) in [7, 11) is 0. The monoisotopic (exact) mass is 300 g/mol. The number of halogens is 4. The predicted octanol–water partition coefficient (Wildman–Crippen LogP) is 3.48. The van der Waals surface area contributed by atoms with E-state index in [2.05, 4.69) is 20.9 Å². The Morgan fingerprint density at radius 3 is 2.67 bits per heavy atom. The van der Waals surface area contributed by atoms with Crippen molar-refractivity contribution in [2.75, 3.05) is 0 Å². The molecule has 1 rings (SSSR count). The van der Waals surface area contributed by atoms with Gasteiger partial charge in [-0.15, -0.1) is 0 Å². The molecule has 0 aliphatic heterocycles. The first-order valence-electron chi connectivity index (χ1n) is 3.65. The molecule has 0 N–H and O–H groups in total. The van der Waals surface area contributed by atoms with Crippen LogP contribution in [0.2, 0.25) is 5.02 Å². The molecule has 1 aromatic heterocycles. The van der Waals surface area contributed by atoms with Gasteiger partial charge < -0.3 is 10.1 Å². The fraction of sp³-hybridized carbons (Fsp3) is 0.286. The second kappa shape index (κ2) is 4.80. The molecule has 0 fully saturated rings. The molecule has 0 amide bonds. The van der Waals surface area contributed by atoms with Crippen LogP contribution in [0.4, 0.5) is 14.6 Å². The molecule has 0 saturated heterocycles. The Balaban J connectivity index is 3.38. The van der Waals surface area contributed by atoms with Crippen LogP contribution in [0.25, 0.3) is 0 Å². The van der Waals surface area contributed by atoms with Gasteiger partial charge in [0.05, 0.1) is 11.1 Å². The molecule has 0 aromatic carbocycles. The molecule has 0 bridgehead atoms. The van der Waals surface area contributed by atoms with Crippen molar-refractivity contribution < 1.29 is 13.7 Å². The first kappa shape index (κ1) is 12.3. The van der Waals surface area contributed by atoms with Crippen molar-refractivity contribution in [1.29, 1.82) is 0 Å². The molecule has 4 nitrogen and oxygen atoms in total. The van der Waals surface area contributed by atoms with Gasteiger partial charge in [0.2, 0.25) is 5.69 Å². The van der Waals surface area contributed by atoms with E-state index in [1.165, 1.54) is 0 Å². The third kappa shape index (κ3) is 2.60. The molecule has 0 unspecified atom stereocenters. The highest BCUT2D eigenvalue weighted by molar-refractivity contribution is 9.08. The van der Waals surface area contributed by atoms with Crippen LogP contribution in [-0.2, 0) is 5.33 Å². The van der Waals surface area contributed by atoms with Crippen molar-refractivity contribution >= 4 is 33.3 Å². The number of alkyl halides is 3. The van der Waals surface area contributed by atoms with Crippen LogP contribution in [0.3, 0.4) is 0 Å². The summed E-state index contributed by atoms with van der Waals surface area (Å²) in [6.07, 6.45) is -2.89. The van der Waals surface area contributed by atoms with E-state index in [-0.39, 0.29) is 15.9 Å². The summed E-state index contributed by atoms with van der Waals surface area (Å²) in [5, 5.41) is 10.3. The lowest BCUT2D eigenvalue weighted by Gasteiger charge is -2.03. The minimum Gasteiger partial charge on any atom is -0.358 e. The molecule has 0 aliphatic rings. The highest BCUT2D eigenvalue weighted by Crippen LogP contribution is 2.31. The van der Waals surface area contributed by atoms with Crippen LogP contribution < -0.4 is 0 Å². The number of hydrogen-bond acceptors (Lipinski definition) is 3. The normalized spacial score (nSPS) is 10.7. The smallest absolute Gasteiger partial charge is 0.358 e. The number of rotatable bonds is 3. The third-order valence-electron chi connectivity index (χ3n) is 1.62. The molecular weight excluding hydrogens is 297 g/mol. The minimum atomic E-state index is -2.89. The summed E-state index contributed by atoms with van der Waals surface area (Å²) >= 11 is 8.58. The van der Waals surface area contributed by atoms with Gasteiger partial charge >= 0.3 is 12.2 Å². The second-order valence-corrected chi connectivity index (χ2v) is 3.49. The Bertz CT molecular complexity index is 403. The van der Waals surface area contributed by atoms with E-state index in [0.717, 1.165) is 6.07 Å². The van der Waals surface area contributed by atoms with Gasteiger partial charge in [-0.25, -0.2) is 8.78 Å². The highest BCUT2D eigenvalue weighted by atomic mass is 79.9. The van der Waals surface area contributed by atoms with Gasteiger partial charge in [-0.3, -0.25) is 0 Å². The van der Waals surface area contributed by atoms with Gasteiger partial charge in [0.15, 0.2) is 0 Å². The average Bonchev–Trinajstić information content (AvgIpc) is 2.16. The van der Waals surface area contributed by atoms with Crippen LogP contribution in [0.5, 0.6) is 0 Å². The predicted molar refractivity (Wildman–Crippen MR) is 53.5 cm³/mol. The zero-order valence-corrected chi connectivity index (χ0v) is 9.43. The Morgan fingerprint density at radius 2 is 2.27 bits per heavy atom. The summed E-state index contributed by atoms with van der Waals surface area (Å²) < 4.78 is 24.9. The molecule has 1 aromatic rings. The largest absolute Gasteiger partial charge is 0.365 e. The van der Waals surface area contributed by atoms with Crippen LogP contribution in [0.15, 0.2) is 6.07 Å². The molecule has 0 radical (unpaired) electrons. The average molecular weight is 301 g/mol. The van der Waals surface area contributed by atoms with Gasteiger partial charge in [-0.2, -0.15) is 0 Å². The maximum Gasteiger partial charge on any atom is 0.365 e. The van der Waals surface area contributed by atoms with E-state index >= 15 is 0 Å². The van der Waals surface area contributed by atoms with E-state index in [1.807, 2.05) is 0 Å². The zero-order chi connectivity index (χ0) is 11.6. The molecular formula is C7H4BrClF2N2O2. The Kier molecular flexibility index (Phi) is 3.92. The molecule has 0 atom stereocenters. The highest BCUT2D eigenvalue weighted by Gasteiger charge is 2.25. The quantitative estimate of drug-likeness (QED) is 0.488. The first-order valence-corrected chi connectivity index (χ1v) is 5.15. The molecule has 1 heterocycles. The molecule has 15 heavy (non-hydrogen) atoms. The van der Waals surface area contributed by atoms with Crippen molar-refractivity contribution in [3.63, 3.8) is 0 Å². The fourth-order valence-electron chi connectivity index (χ4n) is 0.952. The van der Waals surface area contributed by atoms with Gasteiger partial charge in [0, 0.05) is 10.9 Å². The molecule has 82 valence electrons. The van der Waals surface area contributed by atoms with Crippen molar-refractivity contribution in [2.24, 2.45) is 0 Å². The van der Waals surface area contributed by atoms with Gasteiger partial charge in [0.1, 0.15) is 0 Å². The maximum atomic E-state index is 12.5. The first-order chi connectivity index (χ1) is 6.97. The van der Waals surface area contributed by atoms with Crippen LogP contribution in [0.1, 0.15) is 17.7 Å². The number of hydrogen-bond donors (Lipinski definition) is 0. The summed E-state index contributed by atoms with van der Waals surface area (Å²) in [5.41, 5.74) is -0.594.